The van der Waals surface area contributed by atoms with Crippen LogP contribution in [0.3, 0.4) is 0 Å². The molecule has 1 fully saturated rings. The third-order valence-electron chi connectivity index (χ3n) is 6.14. The van der Waals surface area contributed by atoms with Crippen molar-refractivity contribution in [3.63, 3.8) is 0 Å². The van der Waals surface area contributed by atoms with Crippen molar-refractivity contribution < 1.29 is 14.3 Å². The summed E-state index contributed by atoms with van der Waals surface area (Å²) in [6.07, 6.45) is 5.57. The van der Waals surface area contributed by atoms with E-state index in [2.05, 4.69) is 24.9 Å². The summed E-state index contributed by atoms with van der Waals surface area (Å²) < 4.78 is 5.48. The Kier molecular flexibility index (Phi) is 4.91. The van der Waals surface area contributed by atoms with Gasteiger partial charge in [-0.1, -0.05) is 25.5 Å². The van der Waals surface area contributed by atoms with Crippen molar-refractivity contribution in [1.29, 1.82) is 0 Å². The van der Waals surface area contributed by atoms with Crippen LogP contribution in [0.2, 0.25) is 0 Å². The van der Waals surface area contributed by atoms with Crippen molar-refractivity contribution >= 4 is 11.9 Å². The topological polar surface area (TPSA) is 59.5 Å². The molecule has 1 aromatic heterocycles. The average molecular weight is 356 g/mol. The smallest absolute Gasteiger partial charge is 0.339 e. The number of aryl methyl sites for hydroxylation is 1. The molecule has 3 aliphatic carbocycles. The molecule has 26 heavy (non-hydrogen) atoms. The summed E-state index contributed by atoms with van der Waals surface area (Å²) >= 11 is 0. The lowest BCUT2D eigenvalue weighted by Gasteiger charge is -2.56. The van der Waals surface area contributed by atoms with Gasteiger partial charge in [-0.3, -0.25) is 4.79 Å². The number of carbonyl (C=O) groups is 2. The van der Waals surface area contributed by atoms with Gasteiger partial charge in [0.2, 0.25) is 0 Å². The molecule has 1 saturated carbocycles. The molecule has 5 nitrogen and oxygen atoms in total. The first-order chi connectivity index (χ1) is 12.2. The molecule has 0 unspecified atom stereocenters. The van der Waals surface area contributed by atoms with Crippen LogP contribution in [0.25, 0.3) is 0 Å². The standard InChI is InChI=1S/C21H28N2O3/c1-13-16(8-9-18(22-13)19(24)23(4)5)20(25)26-11-10-14-6-7-15-12-17(14)21(15,2)3/h6,8-9,15,17H,7,10-12H2,1-5H3/t15-,17-/m0/s1. The number of ether oxygens (including phenoxy) is 1. The molecule has 1 heterocycles. The minimum atomic E-state index is -0.374. The highest BCUT2D eigenvalue weighted by atomic mass is 16.5. The number of amides is 1. The van der Waals surface area contributed by atoms with Gasteiger partial charge >= 0.3 is 5.97 Å². The van der Waals surface area contributed by atoms with Crippen LogP contribution in [0.4, 0.5) is 0 Å². The average Bonchev–Trinajstić information content (AvgIpc) is 2.60. The van der Waals surface area contributed by atoms with Gasteiger partial charge in [-0.2, -0.15) is 0 Å². The molecule has 0 aliphatic heterocycles. The maximum Gasteiger partial charge on any atom is 0.339 e. The molecule has 0 N–H and O–H groups in total. The molecular formula is C21H28N2O3. The Morgan fingerprint density at radius 3 is 2.62 bits per heavy atom. The van der Waals surface area contributed by atoms with E-state index in [0.29, 0.717) is 34.9 Å². The minimum absolute atomic E-state index is 0.182. The fraction of sp³-hybridized carbons (Fsp3) is 0.571. The molecule has 0 aromatic carbocycles. The van der Waals surface area contributed by atoms with Crippen LogP contribution < -0.4 is 0 Å². The van der Waals surface area contributed by atoms with Gasteiger partial charge in [0.25, 0.3) is 5.91 Å². The Morgan fingerprint density at radius 2 is 2.04 bits per heavy atom. The van der Waals surface area contributed by atoms with Crippen molar-refractivity contribution in [3.05, 3.63) is 40.7 Å². The Hall–Kier alpha value is -2.17. The number of carbonyl (C=O) groups excluding carboxylic acids is 2. The molecule has 0 saturated heterocycles. The number of hydrogen-bond acceptors (Lipinski definition) is 4. The summed E-state index contributed by atoms with van der Waals surface area (Å²) in [5.74, 6) is 0.898. The second kappa shape index (κ2) is 6.86. The zero-order chi connectivity index (χ0) is 19.1. The predicted octanol–water partition coefficient (Wildman–Crippen LogP) is 3.63. The highest BCUT2D eigenvalue weighted by Gasteiger charge is 2.50. The summed E-state index contributed by atoms with van der Waals surface area (Å²) in [5, 5.41) is 0. The lowest BCUT2D eigenvalue weighted by molar-refractivity contribution is -0.0103. The third-order valence-corrected chi connectivity index (χ3v) is 6.14. The molecule has 0 radical (unpaired) electrons. The summed E-state index contributed by atoms with van der Waals surface area (Å²) in [7, 11) is 3.35. The summed E-state index contributed by atoms with van der Waals surface area (Å²) in [6, 6.07) is 3.20. The van der Waals surface area contributed by atoms with E-state index in [1.54, 1.807) is 33.2 Å². The molecule has 4 rings (SSSR count). The van der Waals surface area contributed by atoms with Crippen LogP contribution in [-0.4, -0.2) is 42.5 Å². The van der Waals surface area contributed by atoms with E-state index in [1.165, 1.54) is 16.9 Å². The van der Waals surface area contributed by atoms with Crippen LogP contribution in [-0.2, 0) is 4.74 Å². The van der Waals surface area contributed by atoms with Crippen molar-refractivity contribution in [2.45, 2.75) is 40.0 Å². The number of allylic oxidation sites excluding steroid dienone is 1. The van der Waals surface area contributed by atoms with E-state index >= 15 is 0 Å². The molecule has 2 atom stereocenters. The Morgan fingerprint density at radius 1 is 1.31 bits per heavy atom. The molecule has 1 amide bonds. The van der Waals surface area contributed by atoms with E-state index in [1.807, 2.05) is 0 Å². The van der Waals surface area contributed by atoms with Gasteiger partial charge in [0, 0.05) is 20.5 Å². The van der Waals surface area contributed by atoms with Crippen molar-refractivity contribution in [2.24, 2.45) is 17.3 Å². The zero-order valence-electron chi connectivity index (χ0n) is 16.3. The fourth-order valence-corrected chi connectivity index (χ4v) is 4.22. The van der Waals surface area contributed by atoms with Crippen LogP contribution in [0.15, 0.2) is 23.8 Å². The molecule has 2 bridgehead atoms. The van der Waals surface area contributed by atoms with Crippen LogP contribution >= 0.6 is 0 Å². The SMILES string of the molecule is Cc1nc(C(=O)N(C)C)ccc1C(=O)OCCC1=CC[C@H]2C[C@@H]1C2(C)C. The molecular weight excluding hydrogens is 328 g/mol. The molecule has 3 aliphatic rings. The van der Waals surface area contributed by atoms with Gasteiger partial charge in [-0.25, -0.2) is 9.78 Å². The lowest BCUT2D eigenvalue weighted by atomic mass is 9.48. The van der Waals surface area contributed by atoms with Crippen LogP contribution in [0, 0.1) is 24.2 Å². The Balaban J connectivity index is 1.57. The van der Waals surface area contributed by atoms with E-state index in [0.717, 1.165) is 18.8 Å². The molecule has 140 valence electrons. The van der Waals surface area contributed by atoms with Crippen LogP contribution in [0.1, 0.15) is 59.7 Å². The number of aromatic nitrogens is 1. The van der Waals surface area contributed by atoms with Crippen LogP contribution in [0.5, 0.6) is 0 Å². The number of esters is 1. The fourth-order valence-electron chi connectivity index (χ4n) is 4.22. The number of nitrogens with zero attached hydrogens (tertiary/aromatic N) is 2. The first kappa shape index (κ1) is 18.6. The highest BCUT2D eigenvalue weighted by molar-refractivity contribution is 5.94. The second-order valence-corrected chi connectivity index (χ2v) is 8.24. The highest BCUT2D eigenvalue weighted by Crippen LogP contribution is 2.59. The molecule has 1 aromatic rings. The van der Waals surface area contributed by atoms with E-state index in [4.69, 9.17) is 4.74 Å². The van der Waals surface area contributed by atoms with Gasteiger partial charge in [0.05, 0.1) is 17.9 Å². The van der Waals surface area contributed by atoms with Gasteiger partial charge in [-0.15, -0.1) is 0 Å². The summed E-state index contributed by atoms with van der Waals surface area (Å²) in [5.41, 5.74) is 3.10. The van der Waals surface area contributed by atoms with E-state index in [9.17, 15) is 9.59 Å². The van der Waals surface area contributed by atoms with Crippen molar-refractivity contribution in [1.82, 2.24) is 9.88 Å². The van der Waals surface area contributed by atoms with Gasteiger partial charge in [0.1, 0.15) is 5.69 Å². The third kappa shape index (κ3) is 3.27. The Bertz CT molecular complexity index is 765. The quantitative estimate of drug-likeness (QED) is 0.597. The largest absolute Gasteiger partial charge is 0.462 e. The predicted molar refractivity (Wildman–Crippen MR) is 100.0 cm³/mol. The van der Waals surface area contributed by atoms with E-state index < -0.39 is 0 Å². The van der Waals surface area contributed by atoms with Gasteiger partial charge in [-0.05, 0) is 49.1 Å². The van der Waals surface area contributed by atoms with Crippen molar-refractivity contribution in [3.8, 4) is 0 Å². The van der Waals surface area contributed by atoms with E-state index in [-0.39, 0.29) is 11.9 Å². The summed E-state index contributed by atoms with van der Waals surface area (Å²) in [6.45, 7) is 6.80. The number of hydrogen-bond donors (Lipinski definition) is 0. The van der Waals surface area contributed by atoms with Gasteiger partial charge in [0.15, 0.2) is 0 Å². The molecule has 5 heteroatoms. The number of pyridine rings is 1. The first-order valence-corrected chi connectivity index (χ1v) is 9.27. The minimum Gasteiger partial charge on any atom is -0.462 e. The monoisotopic (exact) mass is 356 g/mol. The normalized spacial score (nSPS) is 22.9. The maximum absolute atomic E-state index is 12.4. The van der Waals surface area contributed by atoms with Gasteiger partial charge < -0.3 is 9.64 Å². The lowest BCUT2D eigenvalue weighted by Crippen LogP contribution is -2.48. The number of fused-ring (bicyclic) bond motifs is 1. The maximum atomic E-state index is 12.4. The first-order valence-electron chi connectivity index (χ1n) is 9.27. The summed E-state index contributed by atoms with van der Waals surface area (Å²) in [4.78, 5) is 30.0. The second-order valence-electron chi connectivity index (χ2n) is 8.24. The zero-order valence-corrected chi connectivity index (χ0v) is 16.3. The molecule has 0 spiro atoms. The van der Waals surface area contributed by atoms with Crippen molar-refractivity contribution in [2.75, 3.05) is 20.7 Å². The Labute approximate surface area is 155 Å². The number of rotatable bonds is 5.